The highest BCUT2D eigenvalue weighted by molar-refractivity contribution is 6.35. The quantitative estimate of drug-likeness (QED) is 0.515. The average molecular weight is 551 g/mol. The van der Waals surface area contributed by atoms with Crippen LogP contribution in [0.3, 0.4) is 0 Å². The molecular weight excluding hydrogens is 516 g/mol. The number of carbonyl (C=O) groups excluding carboxylic acids is 2. The van der Waals surface area contributed by atoms with Crippen molar-refractivity contribution in [2.45, 2.75) is 19.5 Å². The summed E-state index contributed by atoms with van der Waals surface area (Å²) in [7, 11) is 2.15. The van der Waals surface area contributed by atoms with E-state index in [2.05, 4.69) is 41.1 Å². The van der Waals surface area contributed by atoms with Crippen molar-refractivity contribution in [1.29, 1.82) is 0 Å². The Hall–Kier alpha value is -3.40. The first kappa shape index (κ1) is 27.2. The summed E-state index contributed by atoms with van der Waals surface area (Å²) < 4.78 is 5.21. The zero-order chi connectivity index (χ0) is 27.5. The first-order chi connectivity index (χ1) is 18.8. The van der Waals surface area contributed by atoms with Gasteiger partial charge in [-0.25, -0.2) is 9.78 Å². The number of piperazine rings is 2. The van der Waals surface area contributed by atoms with Crippen LogP contribution in [0.2, 0.25) is 5.02 Å². The second kappa shape index (κ2) is 11.8. The van der Waals surface area contributed by atoms with E-state index in [0.717, 1.165) is 49.2 Å². The van der Waals surface area contributed by atoms with Crippen LogP contribution in [-0.4, -0.2) is 97.3 Å². The minimum Gasteiger partial charge on any atom is -0.449 e. The predicted octanol–water partition coefficient (Wildman–Crippen LogP) is 3.90. The van der Waals surface area contributed by atoms with Crippen molar-refractivity contribution in [1.82, 2.24) is 19.7 Å². The van der Waals surface area contributed by atoms with Crippen molar-refractivity contribution in [3.63, 3.8) is 0 Å². The van der Waals surface area contributed by atoms with Gasteiger partial charge in [0.15, 0.2) is 0 Å². The van der Waals surface area contributed by atoms with Gasteiger partial charge >= 0.3 is 6.09 Å². The first-order valence-corrected chi connectivity index (χ1v) is 13.8. The Morgan fingerprint density at radius 1 is 1.03 bits per heavy atom. The molecule has 1 atom stereocenters. The van der Waals surface area contributed by atoms with Crippen LogP contribution in [0.25, 0.3) is 22.2 Å². The Morgan fingerprint density at radius 3 is 2.46 bits per heavy atom. The highest BCUT2D eigenvalue weighted by Gasteiger charge is 2.31. The number of carbonyl (C=O) groups is 2. The molecule has 206 valence electrons. The van der Waals surface area contributed by atoms with Gasteiger partial charge in [-0.1, -0.05) is 36.7 Å². The van der Waals surface area contributed by atoms with E-state index >= 15 is 0 Å². The van der Waals surface area contributed by atoms with Crippen LogP contribution in [-0.2, 0) is 4.74 Å². The van der Waals surface area contributed by atoms with Gasteiger partial charge < -0.3 is 25.2 Å². The van der Waals surface area contributed by atoms with Crippen LogP contribution in [0.5, 0.6) is 0 Å². The third kappa shape index (κ3) is 5.95. The van der Waals surface area contributed by atoms with E-state index < -0.39 is 12.3 Å². The molecule has 10 heteroatoms. The number of hydrogen-bond donors (Lipinski definition) is 1. The van der Waals surface area contributed by atoms with Crippen LogP contribution >= 0.6 is 11.6 Å². The average Bonchev–Trinajstić information content (AvgIpc) is 2.95. The third-order valence-electron chi connectivity index (χ3n) is 7.41. The largest absolute Gasteiger partial charge is 0.449 e. The SMILES string of the molecule is CCCOC(=O)N1CCN(C(=O)c2ccc3c(Cl)cc(-c4ccc(N5CCN(C)CC5)cc4)nc3c2)C[C@H]1N. The lowest BCUT2D eigenvalue weighted by molar-refractivity contribution is 0.0390. The van der Waals surface area contributed by atoms with Crippen molar-refractivity contribution in [3.8, 4) is 11.3 Å². The Bertz CT molecular complexity index is 1340. The Labute approximate surface area is 234 Å². The summed E-state index contributed by atoms with van der Waals surface area (Å²) in [6.45, 7) is 7.33. The fourth-order valence-electron chi connectivity index (χ4n) is 5.05. The van der Waals surface area contributed by atoms with Gasteiger partial charge in [0, 0.05) is 61.5 Å². The number of nitrogens with zero attached hydrogens (tertiary/aromatic N) is 5. The van der Waals surface area contributed by atoms with E-state index in [4.69, 9.17) is 27.1 Å². The number of pyridine rings is 1. The summed E-state index contributed by atoms with van der Waals surface area (Å²) in [5, 5.41) is 1.37. The van der Waals surface area contributed by atoms with Crippen molar-refractivity contribution in [3.05, 3.63) is 59.1 Å². The maximum Gasteiger partial charge on any atom is 0.411 e. The third-order valence-corrected chi connectivity index (χ3v) is 7.72. The lowest BCUT2D eigenvalue weighted by Crippen LogP contribution is -2.60. The minimum absolute atomic E-state index is 0.159. The molecule has 2 amide bonds. The Kier molecular flexibility index (Phi) is 8.20. The number of amides is 2. The number of fused-ring (bicyclic) bond motifs is 1. The molecule has 3 heterocycles. The fourth-order valence-corrected chi connectivity index (χ4v) is 5.31. The van der Waals surface area contributed by atoms with E-state index in [9.17, 15) is 9.59 Å². The molecule has 2 fully saturated rings. The van der Waals surface area contributed by atoms with E-state index in [-0.39, 0.29) is 12.5 Å². The molecule has 9 nitrogen and oxygen atoms in total. The molecule has 1 aromatic heterocycles. The van der Waals surface area contributed by atoms with Crippen LogP contribution in [0.1, 0.15) is 23.7 Å². The molecular formula is C29H35ClN6O3. The molecule has 2 aliphatic rings. The second-order valence-corrected chi connectivity index (χ2v) is 10.6. The predicted molar refractivity (Wildman–Crippen MR) is 154 cm³/mol. The minimum atomic E-state index is -0.625. The summed E-state index contributed by atoms with van der Waals surface area (Å²) in [5.41, 5.74) is 10.3. The van der Waals surface area contributed by atoms with Crippen LogP contribution in [0.4, 0.5) is 10.5 Å². The van der Waals surface area contributed by atoms with Gasteiger partial charge in [0.25, 0.3) is 5.91 Å². The molecule has 39 heavy (non-hydrogen) atoms. The van der Waals surface area contributed by atoms with Gasteiger partial charge in [0.2, 0.25) is 0 Å². The lowest BCUT2D eigenvalue weighted by atomic mass is 10.1. The number of hydrogen-bond acceptors (Lipinski definition) is 7. The molecule has 0 saturated carbocycles. The molecule has 5 rings (SSSR count). The van der Waals surface area contributed by atoms with Gasteiger partial charge in [-0.05, 0) is 43.8 Å². The van der Waals surface area contributed by atoms with Crippen molar-refractivity contribution < 1.29 is 14.3 Å². The maximum atomic E-state index is 13.4. The number of ether oxygens (including phenoxy) is 1. The number of halogens is 1. The molecule has 0 unspecified atom stereocenters. The van der Waals surface area contributed by atoms with Crippen LogP contribution in [0.15, 0.2) is 48.5 Å². The number of aromatic nitrogens is 1. The zero-order valence-electron chi connectivity index (χ0n) is 22.5. The molecule has 2 aromatic carbocycles. The Morgan fingerprint density at radius 2 is 1.77 bits per heavy atom. The van der Waals surface area contributed by atoms with Gasteiger partial charge in [0.1, 0.15) is 6.17 Å². The van der Waals surface area contributed by atoms with E-state index in [1.807, 2.05) is 19.1 Å². The van der Waals surface area contributed by atoms with Crippen molar-refractivity contribution in [2.24, 2.45) is 5.73 Å². The number of rotatable bonds is 5. The van der Waals surface area contributed by atoms with Crippen molar-refractivity contribution in [2.75, 3.05) is 64.4 Å². The molecule has 2 N–H and O–H groups in total. The van der Waals surface area contributed by atoms with Crippen LogP contribution in [0, 0.1) is 0 Å². The molecule has 2 aliphatic heterocycles. The maximum absolute atomic E-state index is 13.4. The highest BCUT2D eigenvalue weighted by Crippen LogP contribution is 2.30. The molecule has 0 aliphatic carbocycles. The lowest BCUT2D eigenvalue weighted by Gasteiger charge is -2.38. The van der Waals surface area contributed by atoms with Crippen molar-refractivity contribution >= 4 is 40.2 Å². The summed E-state index contributed by atoms with van der Waals surface area (Å²) in [5.74, 6) is -0.159. The van der Waals surface area contributed by atoms with E-state index in [1.165, 1.54) is 10.6 Å². The molecule has 2 saturated heterocycles. The number of anilines is 1. The van der Waals surface area contributed by atoms with E-state index in [1.54, 1.807) is 17.0 Å². The summed E-state index contributed by atoms with van der Waals surface area (Å²) >= 11 is 6.65. The van der Waals surface area contributed by atoms with Gasteiger partial charge in [0.05, 0.1) is 29.4 Å². The fraction of sp³-hybridized carbons (Fsp3) is 0.414. The van der Waals surface area contributed by atoms with Gasteiger partial charge in [-0.15, -0.1) is 0 Å². The number of nitrogens with two attached hydrogens (primary N) is 1. The van der Waals surface area contributed by atoms with Gasteiger partial charge in [-0.3, -0.25) is 9.69 Å². The Balaban J connectivity index is 1.32. The summed E-state index contributed by atoms with van der Waals surface area (Å²) in [6, 6.07) is 15.6. The summed E-state index contributed by atoms with van der Waals surface area (Å²) in [6.07, 6.45) is -0.325. The normalized spacial score (nSPS) is 18.5. The highest BCUT2D eigenvalue weighted by atomic mass is 35.5. The second-order valence-electron chi connectivity index (χ2n) is 10.2. The number of likely N-dealkylation sites (N-methyl/N-ethyl adjacent to an activating group) is 1. The number of benzene rings is 2. The topological polar surface area (TPSA) is 95.2 Å². The van der Waals surface area contributed by atoms with Gasteiger partial charge in [-0.2, -0.15) is 0 Å². The summed E-state index contributed by atoms with van der Waals surface area (Å²) in [4.78, 5) is 38.3. The first-order valence-electron chi connectivity index (χ1n) is 13.5. The zero-order valence-corrected chi connectivity index (χ0v) is 23.2. The molecule has 0 spiro atoms. The monoisotopic (exact) mass is 550 g/mol. The smallest absolute Gasteiger partial charge is 0.411 e. The molecule has 0 bridgehead atoms. The van der Waals surface area contributed by atoms with Crippen LogP contribution < -0.4 is 10.6 Å². The molecule has 0 radical (unpaired) electrons. The molecule has 3 aromatic rings. The van der Waals surface area contributed by atoms with E-state index in [0.29, 0.717) is 35.8 Å². The standard InChI is InChI=1S/C29H35ClN6O3/c1-3-16-39-29(38)36-15-14-35(19-27(36)31)28(37)21-6-9-23-24(30)18-25(32-26(23)17-21)20-4-7-22(8-5-20)34-12-10-33(2)11-13-34/h4-9,17-18,27H,3,10-16,19,31H2,1-2H3/t27-/m0/s1.